The highest BCUT2D eigenvalue weighted by Crippen LogP contribution is 2.17. The Bertz CT molecular complexity index is 351. The van der Waals surface area contributed by atoms with E-state index < -0.39 is 0 Å². The van der Waals surface area contributed by atoms with E-state index in [-0.39, 0.29) is 0 Å². The van der Waals surface area contributed by atoms with Crippen LogP contribution in [0.4, 0.5) is 5.69 Å². The highest BCUT2D eigenvalue weighted by Gasteiger charge is 1.98. The molecule has 0 fully saturated rings. The lowest BCUT2D eigenvalue weighted by molar-refractivity contribution is 0.558. The Morgan fingerprint density at radius 2 is 1.79 bits per heavy atom. The molecular formula is C11H14N2O. The maximum Gasteiger partial charge on any atom is 0.181 e. The Kier molecular flexibility index (Phi) is 3.73. The van der Waals surface area contributed by atoms with Gasteiger partial charge in [-0.1, -0.05) is 26.0 Å². The molecule has 74 valence electrons. The van der Waals surface area contributed by atoms with Crippen LogP contribution >= 0.6 is 0 Å². The lowest BCUT2D eigenvalue weighted by Gasteiger charge is -1.95. The molecule has 0 spiro atoms. The van der Waals surface area contributed by atoms with E-state index in [4.69, 9.17) is 10.2 Å². The van der Waals surface area contributed by atoms with Gasteiger partial charge in [-0.05, 0) is 12.1 Å². The van der Waals surface area contributed by atoms with E-state index in [1.807, 2.05) is 38.1 Å². The second-order valence-electron chi connectivity index (χ2n) is 2.50. The predicted molar refractivity (Wildman–Crippen MR) is 57.7 cm³/mol. The van der Waals surface area contributed by atoms with Crippen LogP contribution in [0.5, 0.6) is 0 Å². The molecule has 2 N–H and O–H groups in total. The van der Waals surface area contributed by atoms with Crippen LogP contribution in [0.3, 0.4) is 0 Å². The van der Waals surface area contributed by atoms with Crippen LogP contribution in [0, 0.1) is 0 Å². The second-order valence-corrected chi connectivity index (χ2v) is 2.50. The summed E-state index contributed by atoms with van der Waals surface area (Å²) in [5, 5.41) is 0. The zero-order valence-electron chi connectivity index (χ0n) is 8.40. The molecule has 0 saturated heterocycles. The summed E-state index contributed by atoms with van der Waals surface area (Å²) >= 11 is 0. The number of nitrogens with two attached hydrogens (primary N) is 1. The fraction of sp³-hybridized carbons (Fsp3) is 0.182. The lowest BCUT2D eigenvalue weighted by atomic mass is 10.1. The van der Waals surface area contributed by atoms with Gasteiger partial charge in [0.1, 0.15) is 12.0 Å². The molecule has 3 heteroatoms. The first-order valence-electron chi connectivity index (χ1n) is 4.60. The molecule has 0 aliphatic rings. The van der Waals surface area contributed by atoms with Gasteiger partial charge in [0.2, 0.25) is 0 Å². The number of aromatic nitrogens is 1. The van der Waals surface area contributed by atoms with E-state index in [0.717, 1.165) is 16.9 Å². The van der Waals surface area contributed by atoms with Crippen molar-refractivity contribution in [3.63, 3.8) is 0 Å². The molecule has 0 bridgehead atoms. The first-order chi connectivity index (χ1) is 6.86. The fourth-order valence-corrected chi connectivity index (χ4v) is 1.01. The van der Waals surface area contributed by atoms with Gasteiger partial charge in [-0.15, -0.1) is 0 Å². The van der Waals surface area contributed by atoms with Gasteiger partial charge in [0.15, 0.2) is 6.39 Å². The summed E-state index contributed by atoms with van der Waals surface area (Å²) in [5.41, 5.74) is 8.13. The highest BCUT2D eigenvalue weighted by molar-refractivity contribution is 5.60. The Balaban J connectivity index is 0.000000461. The van der Waals surface area contributed by atoms with Gasteiger partial charge in [0.05, 0.1) is 0 Å². The monoisotopic (exact) mass is 190 g/mol. The summed E-state index contributed by atoms with van der Waals surface area (Å²) < 4.78 is 4.86. The SMILES string of the molecule is CC.Nc1ccc(-c2cocn2)cc1. The molecule has 0 amide bonds. The minimum Gasteiger partial charge on any atom is -0.451 e. The molecule has 1 aromatic heterocycles. The quantitative estimate of drug-likeness (QED) is 0.703. The van der Waals surface area contributed by atoms with Gasteiger partial charge in [-0.25, -0.2) is 4.98 Å². The first-order valence-corrected chi connectivity index (χ1v) is 4.60. The molecular weight excluding hydrogens is 176 g/mol. The van der Waals surface area contributed by atoms with Gasteiger partial charge in [-0.2, -0.15) is 0 Å². The van der Waals surface area contributed by atoms with Gasteiger partial charge < -0.3 is 10.2 Å². The van der Waals surface area contributed by atoms with Gasteiger partial charge in [-0.3, -0.25) is 0 Å². The summed E-state index contributed by atoms with van der Waals surface area (Å²) in [5.74, 6) is 0. The summed E-state index contributed by atoms with van der Waals surface area (Å²) in [6, 6.07) is 7.49. The van der Waals surface area contributed by atoms with E-state index in [1.165, 1.54) is 6.39 Å². The fourth-order valence-electron chi connectivity index (χ4n) is 1.01. The molecule has 1 heterocycles. The minimum absolute atomic E-state index is 0.752. The number of hydrogen-bond acceptors (Lipinski definition) is 3. The zero-order valence-corrected chi connectivity index (χ0v) is 8.40. The molecule has 1 aromatic carbocycles. The molecule has 0 unspecified atom stereocenters. The molecule has 0 aliphatic heterocycles. The van der Waals surface area contributed by atoms with Crippen LogP contribution in [-0.2, 0) is 0 Å². The van der Waals surface area contributed by atoms with Crippen molar-refractivity contribution in [2.24, 2.45) is 0 Å². The van der Waals surface area contributed by atoms with Crippen molar-refractivity contribution < 1.29 is 4.42 Å². The van der Waals surface area contributed by atoms with Gasteiger partial charge in [0.25, 0.3) is 0 Å². The Hall–Kier alpha value is -1.77. The number of nitrogen functional groups attached to an aromatic ring is 1. The summed E-state index contributed by atoms with van der Waals surface area (Å²) in [4.78, 5) is 4.01. The van der Waals surface area contributed by atoms with E-state index >= 15 is 0 Å². The maximum absolute atomic E-state index is 5.54. The highest BCUT2D eigenvalue weighted by atomic mass is 16.3. The van der Waals surface area contributed by atoms with Crippen molar-refractivity contribution in [2.45, 2.75) is 13.8 Å². The first kappa shape index (κ1) is 10.3. The van der Waals surface area contributed by atoms with Crippen molar-refractivity contribution in [3.05, 3.63) is 36.9 Å². The Morgan fingerprint density at radius 1 is 1.14 bits per heavy atom. The third kappa shape index (κ3) is 2.36. The van der Waals surface area contributed by atoms with E-state index in [9.17, 15) is 0 Å². The van der Waals surface area contributed by atoms with Crippen molar-refractivity contribution in [1.29, 1.82) is 0 Å². The summed E-state index contributed by atoms with van der Waals surface area (Å²) in [6.45, 7) is 4.00. The van der Waals surface area contributed by atoms with E-state index in [1.54, 1.807) is 6.26 Å². The Labute approximate surface area is 83.6 Å². The van der Waals surface area contributed by atoms with Crippen molar-refractivity contribution in [2.75, 3.05) is 5.73 Å². The average molecular weight is 190 g/mol. The molecule has 14 heavy (non-hydrogen) atoms. The third-order valence-electron chi connectivity index (χ3n) is 1.64. The molecule has 0 radical (unpaired) electrons. The molecule has 2 rings (SSSR count). The van der Waals surface area contributed by atoms with E-state index in [2.05, 4.69) is 4.98 Å². The average Bonchev–Trinajstić information content (AvgIpc) is 2.75. The zero-order chi connectivity index (χ0) is 10.4. The Morgan fingerprint density at radius 3 is 2.29 bits per heavy atom. The second kappa shape index (κ2) is 5.07. The molecule has 3 nitrogen and oxygen atoms in total. The van der Waals surface area contributed by atoms with Crippen LogP contribution in [0.1, 0.15) is 13.8 Å². The molecule has 0 atom stereocenters. The normalized spacial score (nSPS) is 9.00. The number of nitrogens with zero attached hydrogens (tertiary/aromatic N) is 1. The number of hydrogen-bond donors (Lipinski definition) is 1. The number of anilines is 1. The number of oxazole rings is 1. The maximum atomic E-state index is 5.54. The van der Waals surface area contributed by atoms with E-state index in [0.29, 0.717) is 0 Å². The lowest BCUT2D eigenvalue weighted by Crippen LogP contribution is -1.83. The van der Waals surface area contributed by atoms with Crippen LogP contribution in [-0.4, -0.2) is 4.98 Å². The third-order valence-corrected chi connectivity index (χ3v) is 1.64. The predicted octanol–water partition coefficient (Wildman–Crippen LogP) is 2.95. The van der Waals surface area contributed by atoms with Gasteiger partial charge >= 0.3 is 0 Å². The number of benzene rings is 1. The smallest absolute Gasteiger partial charge is 0.181 e. The summed E-state index contributed by atoms with van der Waals surface area (Å²) in [7, 11) is 0. The van der Waals surface area contributed by atoms with Crippen LogP contribution in [0.15, 0.2) is 41.3 Å². The standard InChI is InChI=1S/C9H8N2O.C2H6/c10-8-3-1-7(2-4-8)9-5-12-6-11-9;1-2/h1-6H,10H2;1-2H3. The topological polar surface area (TPSA) is 52.0 Å². The summed E-state index contributed by atoms with van der Waals surface area (Å²) in [6.07, 6.45) is 3.01. The molecule has 0 saturated carbocycles. The largest absolute Gasteiger partial charge is 0.451 e. The van der Waals surface area contributed by atoms with Crippen molar-refractivity contribution in [1.82, 2.24) is 4.98 Å². The minimum atomic E-state index is 0.752. The van der Waals surface area contributed by atoms with Gasteiger partial charge in [0, 0.05) is 11.3 Å². The van der Waals surface area contributed by atoms with Crippen molar-refractivity contribution in [3.8, 4) is 11.3 Å². The number of rotatable bonds is 1. The van der Waals surface area contributed by atoms with Crippen LogP contribution in [0.25, 0.3) is 11.3 Å². The molecule has 0 aliphatic carbocycles. The van der Waals surface area contributed by atoms with Crippen LogP contribution in [0.2, 0.25) is 0 Å². The van der Waals surface area contributed by atoms with Crippen molar-refractivity contribution >= 4 is 5.69 Å². The molecule has 2 aromatic rings. The van der Waals surface area contributed by atoms with Crippen LogP contribution < -0.4 is 5.73 Å².